The van der Waals surface area contributed by atoms with Gasteiger partial charge in [0.25, 0.3) is 0 Å². The highest BCUT2D eigenvalue weighted by Crippen LogP contribution is 2.16. The second-order valence-electron chi connectivity index (χ2n) is 9.76. The van der Waals surface area contributed by atoms with Gasteiger partial charge in [0, 0.05) is 0 Å². The van der Waals surface area contributed by atoms with Crippen molar-refractivity contribution in [1.29, 1.82) is 0 Å². The van der Waals surface area contributed by atoms with Gasteiger partial charge in [-0.15, -0.1) is 0 Å². The molecule has 0 N–H and O–H groups in total. The normalized spacial score (nSPS) is 12.0. The van der Waals surface area contributed by atoms with Crippen molar-refractivity contribution in [3.63, 3.8) is 0 Å². The zero-order valence-electron chi connectivity index (χ0n) is 21.7. The van der Waals surface area contributed by atoms with Crippen LogP contribution in [0.4, 0.5) is 0 Å². The average molecular weight is 461 g/mol. The number of ether oxygens (including phenoxy) is 2. The Morgan fingerprint density at radius 3 is 1.76 bits per heavy atom. The molecule has 1 aromatic carbocycles. The third-order valence-electron chi connectivity index (χ3n) is 6.05. The molecule has 0 aromatic heterocycles. The number of rotatable bonds is 19. The molecule has 1 unspecified atom stereocenters. The fourth-order valence-electron chi connectivity index (χ4n) is 3.97. The van der Waals surface area contributed by atoms with Gasteiger partial charge in [-0.3, -0.25) is 0 Å². The van der Waals surface area contributed by atoms with Crippen LogP contribution in [0.15, 0.2) is 24.3 Å². The molecule has 33 heavy (non-hydrogen) atoms. The number of hydrogen-bond donors (Lipinski definition) is 0. The highest BCUT2D eigenvalue weighted by atomic mass is 16.5. The predicted molar refractivity (Wildman–Crippen MR) is 137 cm³/mol. The van der Waals surface area contributed by atoms with Crippen LogP contribution in [0.2, 0.25) is 0 Å². The van der Waals surface area contributed by atoms with E-state index < -0.39 is 11.9 Å². The third-order valence-corrected chi connectivity index (χ3v) is 6.05. The summed E-state index contributed by atoms with van der Waals surface area (Å²) in [5.41, 5.74) is 0.581. The highest BCUT2D eigenvalue weighted by Gasteiger charge is 2.20. The molecular formula is C29H48O4. The smallest absolute Gasteiger partial charge is 0.339 e. The van der Waals surface area contributed by atoms with E-state index in [1.807, 2.05) is 6.92 Å². The largest absolute Gasteiger partial charge is 0.462 e. The van der Waals surface area contributed by atoms with E-state index in [9.17, 15) is 9.59 Å². The van der Waals surface area contributed by atoms with Crippen LogP contribution < -0.4 is 0 Å². The van der Waals surface area contributed by atoms with Gasteiger partial charge >= 0.3 is 11.9 Å². The maximum atomic E-state index is 12.6. The lowest BCUT2D eigenvalue weighted by Gasteiger charge is -2.15. The molecule has 1 atom stereocenters. The first-order valence-electron chi connectivity index (χ1n) is 13.4. The molecule has 1 aromatic rings. The molecule has 0 bridgehead atoms. The van der Waals surface area contributed by atoms with Crippen molar-refractivity contribution in [3.05, 3.63) is 35.4 Å². The first kappa shape index (κ1) is 29.2. The minimum absolute atomic E-state index is 0.170. The van der Waals surface area contributed by atoms with Crippen molar-refractivity contribution in [3.8, 4) is 0 Å². The zero-order valence-corrected chi connectivity index (χ0v) is 21.7. The number of carbonyl (C=O) groups excluding carboxylic acids is 2. The number of benzene rings is 1. The number of unbranched alkanes of at least 4 members (excludes halogenated alkanes) is 10. The Kier molecular flexibility index (Phi) is 16.4. The van der Waals surface area contributed by atoms with E-state index in [1.165, 1.54) is 57.8 Å². The van der Waals surface area contributed by atoms with Crippen molar-refractivity contribution in [2.45, 2.75) is 124 Å². The van der Waals surface area contributed by atoms with Crippen LogP contribution in [-0.2, 0) is 9.47 Å². The third kappa shape index (κ3) is 14.1. The minimum Gasteiger partial charge on any atom is -0.462 e. The Morgan fingerprint density at radius 2 is 1.21 bits per heavy atom. The fraction of sp³-hybridized carbons (Fsp3) is 0.724. The molecule has 1 rings (SSSR count). The van der Waals surface area contributed by atoms with E-state index >= 15 is 0 Å². The monoisotopic (exact) mass is 460 g/mol. The number of hydrogen-bond acceptors (Lipinski definition) is 4. The molecule has 0 aliphatic heterocycles. The van der Waals surface area contributed by atoms with Crippen LogP contribution in [0.5, 0.6) is 0 Å². The molecule has 0 spiro atoms. The summed E-state index contributed by atoms with van der Waals surface area (Å²) < 4.78 is 11.0. The van der Waals surface area contributed by atoms with Gasteiger partial charge in [0.15, 0.2) is 0 Å². The molecule has 0 heterocycles. The summed E-state index contributed by atoms with van der Waals surface area (Å²) in [5.74, 6) is -0.250. The lowest BCUT2D eigenvalue weighted by atomic mass is 10.0. The van der Waals surface area contributed by atoms with Crippen LogP contribution in [0.25, 0.3) is 0 Å². The first-order valence-corrected chi connectivity index (χ1v) is 13.4. The van der Waals surface area contributed by atoms with E-state index in [4.69, 9.17) is 9.47 Å². The molecule has 0 saturated carbocycles. The Hall–Kier alpha value is -1.84. The molecule has 0 radical (unpaired) electrons. The van der Waals surface area contributed by atoms with Crippen LogP contribution >= 0.6 is 0 Å². The fourth-order valence-corrected chi connectivity index (χ4v) is 3.97. The molecule has 0 amide bonds. The second-order valence-corrected chi connectivity index (χ2v) is 9.76. The van der Waals surface area contributed by atoms with Crippen LogP contribution in [0, 0.1) is 5.92 Å². The van der Waals surface area contributed by atoms with Gasteiger partial charge in [-0.05, 0) is 44.2 Å². The second kappa shape index (κ2) is 18.6. The average Bonchev–Trinajstić information content (AvgIpc) is 2.79. The topological polar surface area (TPSA) is 52.6 Å². The maximum Gasteiger partial charge on any atom is 0.339 e. The van der Waals surface area contributed by atoms with Gasteiger partial charge < -0.3 is 9.47 Å². The summed E-state index contributed by atoms with van der Waals surface area (Å²) in [6, 6.07) is 6.78. The Labute approximate surface area is 202 Å². The summed E-state index contributed by atoms with van der Waals surface area (Å²) >= 11 is 0. The zero-order chi connectivity index (χ0) is 24.3. The molecule has 0 saturated heterocycles. The Bertz CT molecular complexity index is 653. The molecule has 0 aliphatic rings. The number of carbonyl (C=O) groups is 2. The van der Waals surface area contributed by atoms with Gasteiger partial charge in [-0.2, -0.15) is 0 Å². The molecule has 0 aliphatic carbocycles. The molecule has 4 heteroatoms. The molecular weight excluding hydrogens is 412 g/mol. The quantitative estimate of drug-likeness (QED) is 0.153. The van der Waals surface area contributed by atoms with Crippen molar-refractivity contribution >= 4 is 11.9 Å². The highest BCUT2D eigenvalue weighted by molar-refractivity contribution is 6.03. The Balaban J connectivity index is 2.27. The van der Waals surface area contributed by atoms with Gasteiger partial charge in [0.05, 0.1) is 23.8 Å². The summed E-state index contributed by atoms with van der Waals surface area (Å²) in [7, 11) is 0. The lowest BCUT2D eigenvalue weighted by molar-refractivity contribution is 0.0306. The Morgan fingerprint density at radius 1 is 0.697 bits per heavy atom. The van der Waals surface area contributed by atoms with E-state index in [1.54, 1.807) is 24.3 Å². The molecule has 0 fully saturated rings. The van der Waals surface area contributed by atoms with E-state index in [-0.39, 0.29) is 11.7 Å². The number of esters is 2. The van der Waals surface area contributed by atoms with Gasteiger partial charge in [-0.1, -0.05) is 104 Å². The minimum atomic E-state index is -0.450. The van der Waals surface area contributed by atoms with Crippen molar-refractivity contribution < 1.29 is 19.1 Å². The van der Waals surface area contributed by atoms with E-state index in [2.05, 4.69) is 20.8 Å². The SMILES string of the molecule is CCCCCCCCCCCCCOC(=O)c1ccccc1C(=O)OC(C)CCCC(C)C. The van der Waals surface area contributed by atoms with Crippen molar-refractivity contribution in [1.82, 2.24) is 0 Å². The summed E-state index contributed by atoms with van der Waals surface area (Å²) in [6.07, 6.45) is 16.6. The standard InChI is InChI=1S/C29H48O4/c1-5-6-7-8-9-10-11-12-13-14-17-23-32-28(30)26-21-15-16-22-27(26)29(31)33-25(4)20-18-19-24(2)3/h15-16,21-22,24-25H,5-14,17-20,23H2,1-4H3. The van der Waals surface area contributed by atoms with Crippen molar-refractivity contribution in [2.75, 3.05) is 6.61 Å². The van der Waals surface area contributed by atoms with E-state index in [0.717, 1.165) is 32.1 Å². The lowest BCUT2D eigenvalue weighted by Crippen LogP contribution is -2.19. The molecule has 188 valence electrons. The molecule has 4 nitrogen and oxygen atoms in total. The van der Waals surface area contributed by atoms with Gasteiger partial charge in [0.1, 0.15) is 0 Å². The van der Waals surface area contributed by atoms with Crippen LogP contribution in [0.1, 0.15) is 138 Å². The van der Waals surface area contributed by atoms with Gasteiger partial charge in [0.2, 0.25) is 0 Å². The maximum absolute atomic E-state index is 12.6. The van der Waals surface area contributed by atoms with Crippen molar-refractivity contribution in [2.24, 2.45) is 5.92 Å². The van der Waals surface area contributed by atoms with Gasteiger partial charge in [-0.25, -0.2) is 9.59 Å². The van der Waals surface area contributed by atoms with Crippen LogP contribution in [0.3, 0.4) is 0 Å². The summed E-state index contributed by atoms with van der Waals surface area (Å²) in [4.78, 5) is 25.2. The summed E-state index contributed by atoms with van der Waals surface area (Å²) in [6.45, 7) is 8.93. The van der Waals surface area contributed by atoms with Crippen LogP contribution in [-0.4, -0.2) is 24.6 Å². The first-order chi connectivity index (χ1) is 16.0. The summed E-state index contributed by atoms with van der Waals surface area (Å²) in [5, 5.41) is 0. The van der Waals surface area contributed by atoms with E-state index in [0.29, 0.717) is 18.1 Å². The predicted octanol–water partition coefficient (Wildman–Crippen LogP) is 8.53.